The fourth-order valence-electron chi connectivity index (χ4n) is 3.13. The molecule has 0 aliphatic heterocycles. The first-order chi connectivity index (χ1) is 14.5. The lowest BCUT2D eigenvalue weighted by Crippen LogP contribution is -2.52. The molecule has 7 nitrogen and oxygen atoms in total. The molecule has 0 fully saturated rings. The molecule has 0 spiro atoms. The van der Waals surface area contributed by atoms with Gasteiger partial charge in [-0.15, -0.1) is 0 Å². The number of aliphatic hydroxyl groups excluding tert-OH is 1. The molecule has 0 aliphatic carbocycles. The fraction of sp³-hybridized carbons (Fsp3) is 0.143. The Bertz CT molecular complexity index is 1260. The van der Waals surface area contributed by atoms with E-state index in [2.05, 4.69) is 15.3 Å². The quantitative estimate of drug-likeness (QED) is 0.464. The molecule has 0 radical (unpaired) electrons. The molecule has 2 aromatic carbocycles. The first kappa shape index (κ1) is 20.3. The van der Waals surface area contributed by atoms with Gasteiger partial charge in [-0.3, -0.25) is 0 Å². The summed E-state index contributed by atoms with van der Waals surface area (Å²) >= 11 is 12.5. The molecule has 9 heteroatoms. The van der Waals surface area contributed by atoms with Crippen molar-refractivity contribution in [3.63, 3.8) is 0 Å². The molecule has 4 aromatic rings. The molecule has 152 valence electrons. The number of hydrogen-bond donors (Lipinski definition) is 2. The van der Waals surface area contributed by atoms with Crippen molar-refractivity contribution < 1.29 is 9.67 Å². The van der Waals surface area contributed by atoms with Gasteiger partial charge in [-0.1, -0.05) is 64.6 Å². The first-order valence-electron chi connectivity index (χ1n) is 9.15. The summed E-state index contributed by atoms with van der Waals surface area (Å²) in [6.45, 7) is 0.228. The number of nitrogens with one attached hydrogen (secondary N) is 1. The SMILES string of the molecule is C[n+]1c(=O)n(-c2c(Cl)cccc2Cl)cc2cnc(NC[C@H](O)c3ccccc3)nc21. The van der Waals surface area contributed by atoms with Crippen LogP contribution in [0.15, 0.2) is 65.7 Å². The van der Waals surface area contributed by atoms with Crippen LogP contribution in [0.25, 0.3) is 16.7 Å². The molecule has 0 aliphatic rings. The van der Waals surface area contributed by atoms with Crippen LogP contribution in [0.3, 0.4) is 0 Å². The Balaban J connectivity index is 1.67. The molecule has 30 heavy (non-hydrogen) atoms. The highest BCUT2D eigenvalue weighted by molar-refractivity contribution is 6.37. The Morgan fingerprint density at radius 3 is 2.53 bits per heavy atom. The third-order valence-electron chi connectivity index (χ3n) is 4.69. The van der Waals surface area contributed by atoms with Gasteiger partial charge in [0.1, 0.15) is 11.1 Å². The molecular formula is C21H18Cl2N5O2+. The highest BCUT2D eigenvalue weighted by atomic mass is 35.5. The van der Waals surface area contributed by atoms with E-state index in [0.717, 1.165) is 5.56 Å². The Morgan fingerprint density at radius 1 is 1.13 bits per heavy atom. The first-order valence-corrected chi connectivity index (χ1v) is 9.91. The number of halogens is 2. The van der Waals surface area contributed by atoms with Crippen LogP contribution in [0.5, 0.6) is 0 Å². The van der Waals surface area contributed by atoms with E-state index in [0.29, 0.717) is 32.7 Å². The lowest BCUT2D eigenvalue weighted by molar-refractivity contribution is -0.666. The summed E-state index contributed by atoms with van der Waals surface area (Å²) < 4.78 is 2.78. The average molecular weight is 443 g/mol. The smallest absolute Gasteiger partial charge is 0.387 e. The number of aryl methyl sites for hydroxylation is 1. The largest absolute Gasteiger partial charge is 0.448 e. The Labute approximate surface area is 182 Å². The zero-order chi connectivity index (χ0) is 21.3. The number of aliphatic hydroxyl groups is 1. The van der Waals surface area contributed by atoms with E-state index < -0.39 is 6.10 Å². The lowest BCUT2D eigenvalue weighted by Gasteiger charge is -2.11. The molecule has 0 bridgehead atoms. The molecule has 4 rings (SSSR count). The summed E-state index contributed by atoms with van der Waals surface area (Å²) in [4.78, 5) is 21.7. The van der Waals surface area contributed by atoms with Crippen LogP contribution in [0.4, 0.5) is 5.95 Å². The van der Waals surface area contributed by atoms with E-state index in [9.17, 15) is 9.90 Å². The zero-order valence-electron chi connectivity index (χ0n) is 16.0. The van der Waals surface area contributed by atoms with Crippen molar-refractivity contribution >= 4 is 40.2 Å². The Morgan fingerprint density at radius 2 is 1.83 bits per heavy atom. The van der Waals surface area contributed by atoms with Crippen molar-refractivity contribution in [2.45, 2.75) is 6.10 Å². The van der Waals surface area contributed by atoms with Gasteiger partial charge in [0.15, 0.2) is 0 Å². The van der Waals surface area contributed by atoms with Gasteiger partial charge < -0.3 is 10.4 Å². The van der Waals surface area contributed by atoms with Crippen molar-refractivity contribution in [1.82, 2.24) is 14.5 Å². The Hall–Kier alpha value is -3.00. The minimum absolute atomic E-state index is 0.228. The van der Waals surface area contributed by atoms with Crippen LogP contribution >= 0.6 is 23.2 Å². The second-order valence-electron chi connectivity index (χ2n) is 6.69. The van der Waals surface area contributed by atoms with Gasteiger partial charge in [-0.05, 0) is 17.7 Å². The maximum atomic E-state index is 12.9. The molecule has 0 saturated carbocycles. The number of rotatable bonds is 5. The van der Waals surface area contributed by atoms with Gasteiger partial charge in [-0.2, -0.15) is 9.13 Å². The summed E-state index contributed by atoms with van der Waals surface area (Å²) in [6, 6.07) is 14.3. The zero-order valence-corrected chi connectivity index (χ0v) is 17.5. The van der Waals surface area contributed by atoms with Crippen LogP contribution < -0.4 is 15.6 Å². The molecule has 2 aromatic heterocycles. The summed E-state index contributed by atoms with van der Waals surface area (Å²) in [7, 11) is 1.61. The predicted octanol–water partition coefficient (Wildman–Crippen LogP) is 3.06. The second kappa shape index (κ2) is 8.39. The van der Waals surface area contributed by atoms with Gasteiger partial charge >= 0.3 is 5.69 Å². The predicted molar refractivity (Wildman–Crippen MR) is 116 cm³/mol. The van der Waals surface area contributed by atoms with Crippen molar-refractivity contribution in [2.24, 2.45) is 7.05 Å². The van der Waals surface area contributed by atoms with Crippen molar-refractivity contribution in [1.29, 1.82) is 0 Å². The topological polar surface area (TPSA) is 83.9 Å². The van der Waals surface area contributed by atoms with Crippen LogP contribution in [-0.2, 0) is 7.05 Å². The Kier molecular flexibility index (Phi) is 5.67. The molecule has 0 saturated heterocycles. The monoisotopic (exact) mass is 442 g/mol. The summed E-state index contributed by atoms with van der Waals surface area (Å²) in [5.41, 5.74) is 1.27. The van der Waals surface area contributed by atoms with Crippen molar-refractivity contribution in [2.75, 3.05) is 11.9 Å². The van der Waals surface area contributed by atoms with Gasteiger partial charge in [0.2, 0.25) is 0 Å². The van der Waals surface area contributed by atoms with Crippen molar-refractivity contribution in [3.8, 4) is 5.69 Å². The number of fused-ring (bicyclic) bond motifs is 1. The number of hydrogen-bond acceptors (Lipinski definition) is 5. The van der Waals surface area contributed by atoms with Gasteiger partial charge in [0.05, 0.1) is 29.4 Å². The minimum atomic E-state index is -0.713. The normalized spacial score (nSPS) is 12.1. The van der Waals surface area contributed by atoms with E-state index in [1.165, 1.54) is 9.13 Å². The van der Waals surface area contributed by atoms with Crippen LogP contribution in [0.2, 0.25) is 10.0 Å². The van der Waals surface area contributed by atoms with Crippen LogP contribution in [-0.4, -0.2) is 26.2 Å². The van der Waals surface area contributed by atoms with E-state index in [1.54, 1.807) is 37.6 Å². The van der Waals surface area contributed by atoms with Gasteiger partial charge in [0.25, 0.3) is 11.6 Å². The lowest BCUT2D eigenvalue weighted by atomic mass is 10.1. The van der Waals surface area contributed by atoms with Crippen LogP contribution in [0.1, 0.15) is 11.7 Å². The van der Waals surface area contributed by atoms with E-state index in [-0.39, 0.29) is 12.2 Å². The summed E-state index contributed by atoms with van der Waals surface area (Å²) in [5, 5.41) is 14.7. The maximum Gasteiger partial charge on any atom is 0.448 e. The number of nitrogens with zero attached hydrogens (tertiary/aromatic N) is 4. The minimum Gasteiger partial charge on any atom is -0.387 e. The molecular weight excluding hydrogens is 425 g/mol. The number of benzene rings is 2. The number of para-hydroxylation sites is 1. The molecule has 0 unspecified atom stereocenters. The molecule has 0 amide bonds. The van der Waals surface area contributed by atoms with Crippen LogP contribution in [0, 0.1) is 0 Å². The summed E-state index contributed by atoms with van der Waals surface area (Å²) in [6.07, 6.45) is 2.49. The van der Waals surface area contributed by atoms with E-state index >= 15 is 0 Å². The summed E-state index contributed by atoms with van der Waals surface area (Å²) in [5.74, 6) is 0.306. The third kappa shape index (κ3) is 3.87. The molecule has 1 atom stereocenters. The maximum absolute atomic E-state index is 12.9. The van der Waals surface area contributed by atoms with E-state index in [1.807, 2.05) is 30.3 Å². The standard InChI is InChI=1S/C21H17Cl2N5O2/c1-27-19-14(12-28(21(27)30)18-15(22)8-5-9-16(18)23)10-24-20(26-19)25-11-17(29)13-6-3-2-4-7-13/h2-10,12,17,29H,11H2,1H3/p+1/t17-/m0/s1. The van der Waals surface area contributed by atoms with Crippen molar-refractivity contribution in [3.05, 3.63) is 87.0 Å². The molecule has 2 N–H and O–H groups in total. The third-order valence-corrected chi connectivity index (χ3v) is 5.30. The van der Waals surface area contributed by atoms with Gasteiger partial charge in [0, 0.05) is 12.7 Å². The highest BCUT2D eigenvalue weighted by Crippen LogP contribution is 2.27. The van der Waals surface area contributed by atoms with Gasteiger partial charge in [-0.25, -0.2) is 9.78 Å². The second-order valence-corrected chi connectivity index (χ2v) is 7.51. The highest BCUT2D eigenvalue weighted by Gasteiger charge is 2.20. The van der Waals surface area contributed by atoms with E-state index in [4.69, 9.17) is 23.2 Å². The molecule has 2 heterocycles. The average Bonchev–Trinajstić information content (AvgIpc) is 2.76. The fourth-order valence-corrected chi connectivity index (χ4v) is 3.71. The number of anilines is 1. The number of aromatic nitrogens is 4.